The maximum absolute atomic E-state index is 11.3. The van der Waals surface area contributed by atoms with Crippen LogP contribution in [0.5, 0.6) is 0 Å². The van der Waals surface area contributed by atoms with Crippen LogP contribution in [0, 0.1) is 0 Å². The smallest absolute Gasteiger partial charge is 0.241 e. The van der Waals surface area contributed by atoms with Gasteiger partial charge in [0.15, 0.2) is 0 Å². The summed E-state index contributed by atoms with van der Waals surface area (Å²) in [5.74, 6) is -0.378. The first kappa shape index (κ1) is 12.8. The molecule has 0 aliphatic heterocycles. The highest BCUT2D eigenvalue weighted by molar-refractivity contribution is 7.80. The van der Waals surface area contributed by atoms with Gasteiger partial charge < -0.3 is 15.5 Å². The van der Waals surface area contributed by atoms with Crippen LogP contribution in [0.15, 0.2) is 0 Å². The Bertz CT molecular complexity index is 253. The topological polar surface area (TPSA) is 66.6 Å². The second-order valence-electron chi connectivity index (χ2n) is 3.18. The molecule has 0 bridgehead atoms. The molecule has 0 saturated heterocycles. The number of rotatable bonds is 4. The van der Waals surface area contributed by atoms with Gasteiger partial charge in [0.05, 0.1) is 18.0 Å². The molecule has 0 atom stereocenters. The van der Waals surface area contributed by atoms with E-state index >= 15 is 0 Å². The number of amides is 2. The van der Waals surface area contributed by atoms with Crippen molar-refractivity contribution < 1.29 is 9.59 Å². The molecule has 0 heterocycles. The minimum atomic E-state index is -0.243. The third kappa shape index (κ3) is 4.76. The number of carbonyl (C=O) groups excluding carboxylic acids is 2. The summed E-state index contributed by atoms with van der Waals surface area (Å²) in [6.45, 7) is 0.0500. The van der Waals surface area contributed by atoms with E-state index < -0.39 is 0 Å². The SMILES string of the molecule is CN(C)C(=O)CN(C)C(=O)CC(N)=S. The Morgan fingerprint density at radius 2 is 1.71 bits per heavy atom. The fraction of sp³-hybridized carbons (Fsp3) is 0.625. The van der Waals surface area contributed by atoms with Gasteiger partial charge in [-0.1, -0.05) is 12.2 Å². The van der Waals surface area contributed by atoms with Gasteiger partial charge in [-0.15, -0.1) is 0 Å². The maximum atomic E-state index is 11.3. The van der Waals surface area contributed by atoms with Crippen molar-refractivity contribution in [1.29, 1.82) is 0 Å². The zero-order chi connectivity index (χ0) is 11.3. The van der Waals surface area contributed by atoms with Crippen LogP contribution in [-0.2, 0) is 9.59 Å². The monoisotopic (exact) mass is 217 g/mol. The van der Waals surface area contributed by atoms with Crippen LogP contribution < -0.4 is 5.73 Å². The summed E-state index contributed by atoms with van der Waals surface area (Å²) in [6.07, 6.45) is 0.00649. The molecule has 0 fully saturated rings. The lowest BCUT2D eigenvalue weighted by molar-refractivity contribution is -0.137. The molecule has 0 radical (unpaired) electrons. The van der Waals surface area contributed by atoms with Gasteiger partial charge in [0.2, 0.25) is 11.8 Å². The van der Waals surface area contributed by atoms with Crippen LogP contribution in [0.3, 0.4) is 0 Å². The van der Waals surface area contributed by atoms with E-state index in [9.17, 15) is 9.59 Å². The van der Waals surface area contributed by atoms with Gasteiger partial charge in [0.25, 0.3) is 0 Å². The Kier molecular flexibility index (Phi) is 5.07. The zero-order valence-electron chi connectivity index (χ0n) is 8.61. The molecule has 0 unspecified atom stereocenters. The zero-order valence-corrected chi connectivity index (χ0v) is 9.43. The Labute approximate surface area is 88.8 Å². The summed E-state index contributed by atoms with van der Waals surface area (Å²) in [5.41, 5.74) is 5.21. The Hall–Kier alpha value is -1.17. The molecule has 0 aliphatic rings. The largest absolute Gasteiger partial charge is 0.393 e. The molecule has 6 heteroatoms. The van der Waals surface area contributed by atoms with E-state index in [0.29, 0.717) is 0 Å². The Morgan fingerprint density at radius 1 is 1.21 bits per heavy atom. The number of likely N-dealkylation sites (N-methyl/N-ethyl adjacent to an activating group) is 2. The summed E-state index contributed by atoms with van der Waals surface area (Å²) < 4.78 is 0. The molecule has 0 aromatic carbocycles. The fourth-order valence-corrected chi connectivity index (χ4v) is 0.840. The fourth-order valence-electron chi connectivity index (χ4n) is 0.716. The second-order valence-corrected chi connectivity index (χ2v) is 3.71. The summed E-state index contributed by atoms with van der Waals surface area (Å²) in [5, 5.41) is 0. The molecule has 14 heavy (non-hydrogen) atoms. The molecule has 0 aromatic rings. The lowest BCUT2D eigenvalue weighted by Gasteiger charge is -2.18. The lowest BCUT2D eigenvalue weighted by atomic mass is 10.3. The van der Waals surface area contributed by atoms with E-state index in [1.807, 2.05) is 0 Å². The van der Waals surface area contributed by atoms with Crippen LogP contribution >= 0.6 is 12.2 Å². The third-order valence-corrected chi connectivity index (χ3v) is 1.77. The van der Waals surface area contributed by atoms with Crippen molar-refractivity contribution in [2.75, 3.05) is 27.7 Å². The van der Waals surface area contributed by atoms with Crippen LogP contribution in [0.1, 0.15) is 6.42 Å². The van der Waals surface area contributed by atoms with Crippen LogP contribution in [0.2, 0.25) is 0 Å². The first-order chi connectivity index (χ1) is 6.34. The summed E-state index contributed by atoms with van der Waals surface area (Å²) in [7, 11) is 4.81. The normalized spacial score (nSPS) is 9.36. The Balaban J connectivity index is 4.08. The predicted molar refractivity (Wildman–Crippen MR) is 57.7 cm³/mol. The van der Waals surface area contributed by atoms with E-state index in [4.69, 9.17) is 5.73 Å². The highest BCUT2D eigenvalue weighted by Crippen LogP contribution is 1.92. The molecule has 0 aromatic heterocycles. The van der Waals surface area contributed by atoms with Crippen molar-refractivity contribution in [2.45, 2.75) is 6.42 Å². The van der Waals surface area contributed by atoms with Crippen molar-refractivity contribution >= 4 is 29.0 Å². The van der Waals surface area contributed by atoms with Crippen molar-refractivity contribution in [2.24, 2.45) is 5.73 Å². The molecule has 5 nitrogen and oxygen atoms in total. The minimum Gasteiger partial charge on any atom is -0.393 e. The molecule has 2 N–H and O–H groups in total. The van der Waals surface area contributed by atoms with E-state index in [0.717, 1.165) is 0 Å². The number of thiocarbonyl (C=S) groups is 1. The van der Waals surface area contributed by atoms with Crippen molar-refractivity contribution in [1.82, 2.24) is 9.80 Å². The number of carbonyl (C=O) groups is 2. The van der Waals surface area contributed by atoms with E-state index in [2.05, 4.69) is 12.2 Å². The number of nitrogens with two attached hydrogens (primary N) is 1. The van der Waals surface area contributed by atoms with Gasteiger partial charge in [0, 0.05) is 21.1 Å². The third-order valence-electron chi connectivity index (χ3n) is 1.62. The number of hydrogen-bond donors (Lipinski definition) is 1. The van der Waals surface area contributed by atoms with Crippen LogP contribution in [-0.4, -0.2) is 54.3 Å². The molecule has 0 saturated carbocycles. The van der Waals surface area contributed by atoms with Gasteiger partial charge in [0.1, 0.15) is 0 Å². The Morgan fingerprint density at radius 3 is 2.07 bits per heavy atom. The van der Waals surface area contributed by atoms with Crippen molar-refractivity contribution in [3.8, 4) is 0 Å². The van der Waals surface area contributed by atoms with E-state index in [1.165, 1.54) is 9.80 Å². The first-order valence-corrected chi connectivity index (χ1v) is 4.48. The number of hydrogen-bond acceptors (Lipinski definition) is 3. The molecule has 0 aliphatic carbocycles. The molecule has 80 valence electrons. The first-order valence-electron chi connectivity index (χ1n) is 4.07. The molecule has 0 spiro atoms. The summed E-state index contributed by atoms with van der Waals surface area (Å²) >= 11 is 4.59. The van der Waals surface area contributed by atoms with Crippen LogP contribution in [0.4, 0.5) is 0 Å². The van der Waals surface area contributed by atoms with E-state index in [-0.39, 0.29) is 29.8 Å². The average Bonchev–Trinajstić information content (AvgIpc) is 2.02. The molecule has 2 amide bonds. The highest BCUT2D eigenvalue weighted by atomic mass is 32.1. The molecular formula is C8H15N3O2S. The van der Waals surface area contributed by atoms with Gasteiger partial charge in [-0.05, 0) is 0 Å². The summed E-state index contributed by atoms with van der Waals surface area (Å²) in [6, 6.07) is 0. The van der Waals surface area contributed by atoms with Gasteiger partial charge >= 0.3 is 0 Å². The van der Waals surface area contributed by atoms with E-state index in [1.54, 1.807) is 21.1 Å². The van der Waals surface area contributed by atoms with Gasteiger partial charge in [-0.3, -0.25) is 9.59 Å². The predicted octanol–water partition coefficient (Wildman–Crippen LogP) is -0.791. The average molecular weight is 217 g/mol. The number of nitrogens with zero attached hydrogens (tertiary/aromatic N) is 2. The lowest BCUT2D eigenvalue weighted by Crippen LogP contribution is -2.38. The second kappa shape index (κ2) is 5.54. The quantitative estimate of drug-likeness (QED) is 0.627. The van der Waals surface area contributed by atoms with Crippen molar-refractivity contribution in [3.63, 3.8) is 0 Å². The molecule has 0 rings (SSSR count). The maximum Gasteiger partial charge on any atom is 0.241 e. The van der Waals surface area contributed by atoms with Gasteiger partial charge in [-0.25, -0.2) is 0 Å². The summed E-state index contributed by atoms with van der Waals surface area (Å²) in [4.78, 5) is 25.4. The van der Waals surface area contributed by atoms with Crippen molar-refractivity contribution in [3.05, 3.63) is 0 Å². The van der Waals surface area contributed by atoms with Crippen LogP contribution in [0.25, 0.3) is 0 Å². The standard InChI is InChI=1S/C8H15N3O2S/c1-10(2)8(13)5-11(3)7(12)4-6(9)14/h4-5H2,1-3H3,(H2,9,14). The minimum absolute atomic E-state index is 0.00649. The highest BCUT2D eigenvalue weighted by Gasteiger charge is 2.14. The van der Waals surface area contributed by atoms with Gasteiger partial charge in [-0.2, -0.15) is 0 Å². The molecular weight excluding hydrogens is 202 g/mol.